The van der Waals surface area contributed by atoms with Crippen molar-refractivity contribution in [1.29, 1.82) is 0 Å². The number of fused-ring (bicyclic) bond motifs is 1. The van der Waals surface area contributed by atoms with E-state index in [0.29, 0.717) is 13.2 Å². The third-order valence-corrected chi connectivity index (χ3v) is 3.75. The fraction of sp³-hybridized carbons (Fsp3) is 0.250. The standard InChI is InChI=1S/C20H21NO2/c1-14-7-10-18(15(2)13-14)22-11-12-23-19-6-4-5-17-9-8-16(3)21-20(17)19/h4-10,13H,11-12H2,1-3H3. The third-order valence-electron chi connectivity index (χ3n) is 3.75. The second-order valence-corrected chi connectivity index (χ2v) is 5.75. The zero-order valence-electron chi connectivity index (χ0n) is 13.8. The summed E-state index contributed by atoms with van der Waals surface area (Å²) in [5.74, 6) is 1.71. The molecule has 1 aromatic heterocycles. The van der Waals surface area contributed by atoms with E-state index in [1.807, 2.05) is 37.3 Å². The van der Waals surface area contributed by atoms with Crippen molar-refractivity contribution in [1.82, 2.24) is 4.98 Å². The summed E-state index contributed by atoms with van der Waals surface area (Å²) in [7, 11) is 0. The molecule has 0 aliphatic rings. The summed E-state index contributed by atoms with van der Waals surface area (Å²) in [5, 5.41) is 1.09. The van der Waals surface area contributed by atoms with Crippen molar-refractivity contribution in [2.45, 2.75) is 20.8 Å². The minimum atomic E-state index is 0.488. The second-order valence-electron chi connectivity index (χ2n) is 5.75. The first-order valence-corrected chi connectivity index (χ1v) is 7.83. The smallest absolute Gasteiger partial charge is 0.145 e. The van der Waals surface area contributed by atoms with Gasteiger partial charge in [-0.25, -0.2) is 4.98 Å². The van der Waals surface area contributed by atoms with Gasteiger partial charge in [0.05, 0.1) is 0 Å². The molecule has 23 heavy (non-hydrogen) atoms. The molecule has 3 aromatic rings. The van der Waals surface area contributed by atoms with Crippen molar-refractivity contribution in [2.75, 3.05) is 13.2 Å². The third kappa shape index (κ3) is 3.62. The lowest BCUT2D eigenvalue weighted by atomic mass is 10.1. The van der Waals surface area contributed by atoms with Gasteiger partial charge in [-0.3, -0.25) is 0 Å². The molecule has 0 amide bonds. The van der Waals surface area contributed by atoms with Crippen LogP contribution < -0.4 is 9.47 Å². The highest BCUT2D eigenvalue weighted by Crippen LogP contribution is 2.24. The molecule has 0 radical (unpaired) electrons. The number of rotatable bonds is 5. The van der Waals surface area contributed by atoms with Crippen molar-refractivity contribution in [2.24, 2.45) is 0 Å². The SMILES string of the molecule is Cc1ccc(OCCOc2cccc3ccc(C)nc23)c(C)c1. The summed E-state index contributed by atoms with van der Waals surface area (Å²) in [5.41, 5.74) is 4.27. The van der Waals surface area contributed by atoms with Crippen LogP contribution in [0, 0.1) is 20.8 Å². The van der Waals surface area contributed by atoms with Gasteiger partial charge in [-0.1, -0.05) is 35.9 Å². The van der Waals surface area contributed by atoms with Crippen molar-refractivity contribution in [3.63, 3.8) is 0 Å². The Kier molecular flexibility index (Phi) is 4.47. The van der Waals surface area contributed by atoms with Gasteiger partial charge in [0.1, 0.15) is 30.2 Å². The Balaban J connectivity index is 1.64. The predicted octanol–water partition coefficient (Wildman–Crippen LogP) is 4.62. The molecule has 0 atom stereocenters. The van der Waals surface area contributed by atoms with E-state index in [1.54, 1.807) is 0 Å². The summed E-state index contributed by atoms with van der Waals surface area (Å²) in [6, 6.07) is 16.2. The normalized spacial score (nSPS) is 10.7. The van der Waals surface area contributed by atoms with Gasteiger partial charge in [0.2, 0.25) is 0 Å². The van der Waals surface area contributed by atoms with Crippen LogP contribution in [0.25, 0.3) is 10.9 Å². The highest BCUT2D eigenvalue weighted by Gasteiger charge is 2.04. The van der Waals surface area contributed by atoms with E-state index in [4.69, 9.17) is 9.47 Å². The number of hydrogen-bond acceptors (Lipinski definition) is 3. The maximum atomic E-state index is 5.87. The van der Waals surface area contributed by atoms with E-state index in [-0.39, 0.29) is 0 Å². The van der Waals surface area contributed by atoms with Crippen molar-refractivity contribution < 1.29 is 9.47 Å². The molecule has 0 bridgehead atoms. The maximum Gasteiger partial charge on any atom is 0.145 e. The number of para-hydroxylation sites is 1. The van der Waals surface area contributed by atoms with Crippen LogP contribution in [-0.2, 0) is 0 Å². The van der Waals surface area contributed by atoms with Gasteiger partial charge in [-0.05, 0) is 44.5 Å². The Morgan fingerprint density at radius 3 is 2.39 bits per heavy atom. The first kappa shape index (κ1) is 15.3. The van der Waals surface area contributed by atoms with Gasteiger partial charge in [-0.2, -0.15) is 0 Å². The number of ether oxygens (including phenoxy) is 2. The first-order valence-electron chi connectivity index (χ1n) is 7.83. The molecule has 0 spiro atoms. The minimum Gasteiger partial charge on any atom is -0.490 e. The van der Waals surface area contributed by atoms with Crippen LogP contribution in [0.5, 0.6) is 11.5 Å². The van der Waals surface area contributed by atoms with E-state index in [1.165, 1.54) is 5.56 Å². The maximum absolute atomic E-state index is 5.87. The van der Waals surface area contributed by atoms with Gasteiger partial charge in [0, 0.05) is 11.1 Å². The van der Waals surface area contributed by atoms with Crippen LogP contribution in [-0.4, -0.2) is 18.2 Å². The van der Waals surface area contributed by atoms with Crippen molar-refractivity contribution in [3.8, 4) is 11.5 Å². The number of hydrogen-bond donors (Lipinski definition) is 0. The molecule has 1 heterocycles. The molecule has 2 aromatic carbocycles. The number of pyridine rings is 1. The second kappa shape index (κ2) is 6.69. The lowest BCUT2D eigenvalue weighted by Gasteiger charge is -2.12. The Hall–Kier alpha value is -2.55. The summed E-state index contributed by atoms with van der Waals surface area (Å²) in [6.07, 6.45) is 0. The van der Waals surface area contributed by atoms with E-state index in [0.717, 1.165) is 33.7 Å². The summed E-state index contributed by atoms with van der Waals surface area (Å²) in [6.45, 7) is 7.11. The number of benzene rings is 2. The van der Waals surface area contributed by atoms with Gasteiger partial charge in [0.15, 0.2) is 0 Å². The quantitative estimate of drug-likeness (QED) is 0.645. The average Bonchev–Trinajstić information content (AvgIpc) is 2.53. The number of aryl methyl sites for hydroxylation is 3. The molecule has 3 nitrogen and oxygen atoms in total. The van der Waals surface area contributed by atoms with Gasteiger partial charge in [0.25, 0.3) is 0 Å². The lowest BCUT2D eigenvalue weighted by molar-refractivity contribution is 0.217. The molecule has 0 aliphatic heterocycles. The van der Waals surface area contributed by atoms with Crippen molar-refractivity contribution >= 4 is 10.9 Å². The molecular formula is C20H21NO2. The molecule has 0 saturated heterocycles. The highest BCUT2D eigenvalue weighted by molar-refractivity contribution is 5.84. The van der Waals surface area contributed by atoms with Crippen LogP contribution in [0.3, 0.4) is 0 Å². The fourth-order valence-electron chi connectivity index (χ4n) is 2.60. The Labute approximate surface area is 136 Å². The molecule has 0 fully saturated rings. The summed E-state index contributed by atoms with van der Waals surface area (Å²) in [4.78, 5) is 4.57. The van der Waals surface area contributed by atoms with Gasteiger partial charge >= 0.3 is 0 Å². The van der Waals surface area contributed by atoms with E-state index in [2.05, 4.69) is 37.0 Å². The fourth-order valence-corrected chi connectivity index (χ4v) is 2.60. The van der Waals surface area contributed by atoms with E-state index >= 15 is 0 Å². The van der Waals surface area contributed by atoms with Gasteiger partial charge in [-0.15, -0.1) is 0 Å². The zero-order chi connectivity index (χ0) is 16.2. The molecule has 118 valence electrons. The van der Waals surface area contributed by atoms with Crippen LogP contribution in [0.15, 0.2) is 48.5 Å². The average molecular weight is 307 g/mol. The molecule has 0 unspecified atom stereocenters. The Morgan fingerprint density at radius 1 is 0.826 bits per heavy atom. The summed E-state index contributed by atoms with van der Waals surface area (Å²) < 4.78 is 11.7. The van der Waals surface area contributed by atoms with Crippen LogP contribution in [0.2, 0.25) is 0 Å². The molecule has 3 heteroatoms. The molecule has 0 aliphatic carbocycles. The molecule has 0 N–H and O–H groups in total. The Morgan fingerprint density at radius 2 is 1.61 bits per heavy atom. The number of nitrogens with zero attached hydrogens (tertiary/aromatic N) is 1. The van der Waals surface area contributed by atoms with Crippen LogP contribution >= 0.6 is 0 Å². The molecule has 3 rings (SSSR count). The zero-order valence-corrected chi connectivity index (χ0v) is 13.8. The highest BCUT2D eigenvalue weighted by atomic mass is 16.5. The van der Waals surface area contributed by atoms with Crippen LogP contribution in [0.1, 0.15) is 16.8 Å². The topological polar surface area (TPSA) is 31.4 Å². The first-order chi connectivity index (χ1) is 11.1. The van der Waals surface area contributed by atoms with Gasteiger partial charge < -0.3 is 9.47 Å². The van der Waals surface area contributed by atoms with E-state index < -0.39 is 0 Å². The monoisotopic (exact) mass is 307 g/mol. The summed E-state index contributed by atoms with van der Waals surface area (Å²) >= 11 is 0. The Bertz CT molecular complexity index is 827. The largest absolute Gasteiger partial charge is 0.490 e. The molecule has 0 saturated carbocycles. The minimum absolute atomic E-state index is 0.488. The lowest BCUT2D eigenvalue weighted by Crippen LogP contribution is -2.10. The van der Waals surface area contributed by atoms with Crippen LogP contribution in [0.4, 0.5) is 0 Å². The van der Waals surface area contributed by atoms with E-state index in [9.17, 15) is 0 Å². The number of aromatic nitrogens is 1. The molecular weight excluding hydrogens is 286 g/mol. The van der Waals surface area contributed by atoms with Crippen molar-refractivity contribution in [3.05, 3.63) is 65.4 Å². The predicted molar refractivity (Wildman–Crippen MR) is 93.4 cm³/mol.